The summed E-state index contributed by atoms with van der Waals surface area (Å²) in [7, 11) is 0. The summed E-state index contributed by atoms with van der Waals surface area (Å²) in [6.07, 6.45) is 1.75. The molecule has 0 saturated carbocycles. The van der Waals surface area contributed by atoms with E-state index in [9.17, 15) is 15.0 Å². The van der Waals surface area contributed by atoms with Crippen molar-refractivity contribution in [1.29, 1.82) is 0 Å². The summed E-state index contributed by atoms with van der Waals surface area (Å²) >= 11 is 0. The molecule has 3 N–H and O–H groups in total. The first kappa shape index (κ1) is 19.3. The van der Waals surface area contributed by atoms with Gasteiger partial charge in [-0.05, 0) is 25.7 Å². The number of aliphatic carboxylic acids is 1. The molecule has 0 fully saturated rings. The fraction of sp³-hybridized carbons (Fsp3) is 0.929. The second-order valence-corrected chi connectivity index (χ2v) is 4.84. The van der Waals surface area contributed by atoms with E-state index in [0.29, 0.717) is 38.9 Å². The van der Waals surface area contributed by atoms with Gasteiger partial charge in [0.15, 0.2) is 0 Å². The van der Waals surface area contributed by atoms with Gasteiger partial charge in [0, 0.05) is 0 Å². The molecule has 0 bridgehead atoms. The van der Waals surface area contributed by atoms with Crippen LogP contribution in [0.3, 0.4) is 0 Å². The molecule has 0 amide bonds. The molecule has 0 spiro atoms. The van der Waals surface area contributed by atoms with Crippen molar-refractivity contribution in [3.05, 3.63) is 0 Å². The number of carboxylic acid groups (broad SMARTS) is 1. The maximum atomic E-state index is 11.4. The molecule has 0 aromatic carbocycles. The minimum atomic E-state index is -0.787. The molecule has 0 aliphatic carbocycles. The van der Waals surface area contributed by atoms with Gasteiger partial charge in [-0.25, -0.2) is 0 Å². The molecule has 0 aromatic heterocycles. The fourth-order valence-corrected chi connectivity index (χ4v) is 2.12. The third-order valence-corrected chi connectivity index (χ3v) is 3.77. The molecule has 1 unspecified atom stereocenters. The van der Waals surface area contributed by atoms with Crippen LogP contribution in [-0.2, 0) is 14.3 Å². The second-order valence-electron chi connectivity index (χ2n) is 4.84. The van der Waals surface area contributed by atoms with Crippen molar-refractivity contribution in [3.63, 3.8) is 0 Å². The lowest BCUT2D eigenvalue weighted by atomic mass is 9.77. The molecular weight excluding hydrogens is 264 g/mol. The number of carbonyl (C=O) groups is 1. The summed E-state index contributed by atoms with van der Waals surface area (Å²) in [4.78, 5) is 11.4. The van der Waals surface area contributed by atoms with Gasteiger partial charge < -0.3 is 24.8 Å². The van der Waals surface area contributed by atoms with E-state index in [1.165, 1.54) is 0 Å². The Morgan fingerprint density at radius 3 is 2.25 bits per heavy atom. The molecule has 0 aliphatic rings. The van der Waals surface area contributed by atoms with Gasteiger partial charge >= 0.3 is 5.97 Å². The maximum absolute atomic E-state index is 11.4. The van der Waals surface area contributed by atoms with Crippen molar-refractivity contribution in [1.82, 2.24) is 0 Å². The molecule has 20 heavy (non-hydrogen) atoms. The van der Waals surface area contributed by atoms with Crippen molar-refractivity contribution in [2.75, 3.05) is 33.0 Å². The molecule has 0 radical (unpaired) electrons. The predicted molar refractivity (Wildman–Crippen MR) is 74.6 cm³/mol. The van der Waals surface area contributed by atoms with Crippen LogP contribution in [0.5, 0.6) is 0 Å². The van der Waals surface area contributed by atoms with E-state index in [0.717, 1.165) is 0 Å². The topological polar surface area (TPSA) is 96.2 Å². The van der Waals surface area contributed by atoms with Gasteiger partial charge in [-0.3, -0.25) is 4.79 Å². The van der Waals surface area contributed by atoms with Crippen molar-refractivity contribution >= 4 is 5.97 Å². The SMILES string of the molecule is CCC(CC)(CCC(CO)OCCOCCO)C(=O)O. The molecular formula is C14H28O6. The molecule has 6 heteroatoms. The highest BCUT2D eigenvalue weighted by Crippen LogP contribution is 2.33. The van der Waals surface area contributed by atoms with Gasteiger partial charge in [-0.1, -0.05) is 13.8 Å². The van der Waals surface area contributed by atoms with E-state index >= 15 is 0 Å². The molecule has 0 rings (SSSR count). The Balaban J connectivity index is 4.12. The average Bonchev–Trinajstić information content (AvgIpc) is 2.45. The Labute approximate surface area is 120 Å². The van der Waals surface area contributed by atoms with Crippen LogP contribution in [0.4, 0.5) is 0 Å². The largest absolute Gasteiger partial charge is 0.481 e. The van der Waals surface area contributed by atoms with Crippen molar-refractivity contribution in [3.8, 4) is 0 Å². The van der Waals surface area contributed by atoms with Crippen LogP contribution in [-0.4, -0.2) is 60.4 Å². The van der Waals surface area contributed by atoms with E-state index in [2.05, 4.69) is 0 Å². The Bertz CT molecular complexity index is 252. The van der Waals surface area contributed by atoms with Gasteiger partial charge in [-0.2, -0.15) is 0 Å². The van der Waals surface area contributed by atoms with Crippen molar-refractivity contribution < 1.29 is 29.6 Å². The van der Waals surface area contributed by atoms with E-state index in [4.69, 9.17) is 14.6 Å². The number of hydrogen-bond donors (Lipinski definition) is 3. The smallest absolute Gasteiger partial charge is 0.309 e. The molecule has 1 atom stereocenters. The zero-order valence-corrected chi connectivity index (χ0v) is 12.5. The molecule has 6 nitrogen and oxygen atoms in total. The van der Waals surface area contributed by atoms with Crippen LogP contribution in [0, 0.1) is 5.41 Å². The van der Waals surface area contributed by atoms with Crippen molar-refractivity contribution in [2.45, 2.75) is 45.6 Å². The summed E-state index contributed by atoms with van der Waals surface area (Å²) in [5.41, 5.74) is -0.732. The minimum Gasteiger partial charge on any atom is -0.481 e. The first-order chi connectivity index (χ1) is 9.56. The van der Waals surface area contributed by atoms with Gasteiger partial charge in [0.05, 0.1) is 44.6 Å². The number of carboxylic acids is 1. The highest BCUT2D eigenvalue weighted by atomic mass is 16.5. The quantitative estimate of drug-likeness (QED) is 0.439. The molecule has 0 saturated heterocycles. The third-order valence-electron chi connectivity index (χ3n) is 3.77. The second kappa shape index (κ2) is 11.0. The van der Waals surface area contributed by atoms with Crippen LogP contribution in [0.15, 0.2) is 0 Å². The van der Waals surface area contributed by atoms with E-state index in [-0.39, 0.29) is 25.9 Å². The maximum Gasteiger partial charge on any atom is 0.309 e. The van der Waals surface area contributed by atoms with Crippen LogP contribution in [0.25, 0.3) is 0 Å². The summed E-state index contributed by atoms with van der Waals surface area (Å²) in [6.45, 7) is 4.51. The summed E-state index contributed by atoms with van der Waals surface area (Å²) in [6, 6.07) is 0. The molecule has 120 valence electrons. The molecule has 0 aromatic rings. The summed E-state index contributed by atoms with van der Waals surface area (Å²) < 4.78 is 10.5. The fourth-order valence-electron chi connectivity index (χ4n) is 2.12. The van der Waals surface area contributed by atoms with E-state index in [1.807, 2.05) is 13.8 Å². The standard InChI is InChI=1S/C14H28O6/c1-3-14(4-2,13(17)18)6-5-12(11-16)20-10-9-19-8-7-15/h12,15-16H,3-11H2,1-2H3,(H,17,18). The van der Waals surface area contributed by atoms with Crippen LogP contribution in [0.2, 0.25) is 0 Å². The van der Waals surface area contributed by atoms with E-state index in [1.54, 1.807) is 0 Å². The summed E-state index contributed by atoms with van der Waals surface area (Å²) in [5, 5.41) is 27.1. The van der Waals surface area contributed by atoms with Crippen molar-refractivity contribution in [2.24, 2.45) is 5.41 Å². The number of aliphatic hydroxyl groups excluding tert-OH is 2. The third kappa shape index (κ3) is 6.65. The van der Waals surface area contributed by atoms with Crippen LogP contribution in [0.1, 0.15) is 39.5 Å². The Morgan fingerprint density at radius 1 is 1.15 bits per heavy atom. The first-order valence-corrected chi connectivity index (χ1v) is 7.20. The normalized spacial score (nSPS) is 13.4. The highest BCUT2D eigenvalue weighted by Gasteiger charge is 2.35. The number of ether oxygens (including phenoxy) is 2. The average molecular weight is 292 g/mol. The van der Waals surface area contributed by atoms with E-state index < -0.39 is 11.4 Å². The minimum absolute atomic E-state index is 0.0302. The Hall–Kier alpha value is -0.690. The Morgan fingerprint density at radius 2 is 1.80 bits per heavy atom. The van der Waals surface area contributed by atoms with Crippen LogP contribution >= 0.6 is 0 Å². The number of hydrogen-bond acceptors (Lipinski definition) is 5. The lowest BCUT2D eigenvalue weighted by molar-refractivity contribution is -0.150. The zero-order valence-electron chi connectivity index (χ0n) is 12.5. The predicted octanol–water partition coefficient (Wildman–Crippen LogP) is 1.04. The zero-order chi connectivity index (χ0) is 15.4. The van der Waals surface area contributed by atoms with Gasteiger partial charge in [0.1, 0.15) is 0 Å². The lowest BCUT2D eigenvalue weighted by Crippen LogP contribution is -2.32. The first-order valence-electron chi connectivity index (χ1n) is 7.20. The number of aliphatic hydroxyl groups is 2. The highest BCUT2D eigenvalue weighted by molar-refractivity contribution is 5.74. The van der Waals surface area contributed by atoms with Gasteiger partial charge in [0.25, 0.3) is 0 Å². The summed E-state index contributed by atoms with van der Waals surface area (Å²) in [5.74, 6) is -0.787. The Kier molecular flexibility index (Phi) is 10.6. The van der Waals surface area contributed by atoms with Gasteiger partial charge in [-0.15, -0.1) is 0 Å². The lowest BCUT2D eigenvalue weighted by Gasteiger charge is -2.28. The monoisotopic (exact) mass is 292 g/mol. The molecule has 0 heterocycles. The van der Waals surface area contributed by atoms with Crippen LogP contribution < -0.4 is 0 Å². The van der Waals surface area contributed by atoms with Gasteiger partial charge in [0.2, 0.25) is 0 Å². The molecule has 0 aliphatic heterocycles. The number of rotatable bonds is 13.